The van der Waals surface area contributed by atoms with Crippen LogP contribution >= 0.6 is 0 Å². The molecule has 0 atom stereocenters. The number of sulfone groups is 1. The number of benzene rings is 1. The molecule has 1 aromatic rings. The number of carboxylic acids is 1. The third-order valence-corrected chi connectivity index (χ3v) is 7.09. The summed E-state index contributed by atoms with van der Waals surface area (Å²) >= 11 is 0. The lowest BCUT2D eigenvalue weighted by Gasteiger charge is -2.33. The molecule has 0 bridgehead atoms. The van der Waals surface area contributed by atoms with Gasteiger partial charge in [-0.15, -0.1) is 0 Å². The predicted molar refractivity (Wildman–Crippen MR) is 79.0 cm³/mol. The molecule has 21 heavy (non-hydrogen) atoms. The number of carboxylic acid groups (broad SMARTS) is 1. The fourth-order valence-corrected chi connectivity index (χ4v) is 4.97. The summed E-state index contributed by atoms with van der Waals surface area (Å²) in [5.74, 6) is -0.792. The van der Waals surface area contributed by atoms with Gasteiger partial charge in [-0.3, -0.25) is 4.79 Å². The van der Waals surface area contributed by atoms with Crippen LogP contribution in [0.25, 0.3) is 0 Å². The molecule has 0 radical (unpaired) electrons. The zero-order chi connectivity index (χ0) is 15.1. The average molecular weight is 308 g/mol. The van der Waals surface area contributed by atoms with Gasteiger partial charge in [0.2, 0.25) is 0 Å². The quantitative estimate of drug-likeness (QED) is 0.928. The molecule has 0 aromatic heterocycles. The second-order valence-electron chi connectivity index (χ2n) is 6.22. The SMILES string of the molecule is O=C(O)C1(c2ccc(S(=O)(=O)C3CC3)cc2)CCCCC1. The highest BCUT2D eigenvalue weighted by Crippen LogP contribution is 2.40. The first kappa shape index (κ1) is 14.6. The lowest BCUT2D eigenvalue weighted by atomic mass is 9.69. The summed E-state index contributed by atoms with van der Waals surface area (Å²) in [6.45, 7) is 0. The van der Waals surface area contributed by atoms with Crippen LogP contribution in [0.5, 0.6) is 0 Å². The third-order valence-electron chi connectivity index (χ3n) is 4.82. The fraction of sp³-hybridized carbons (Fsp3) is 0.562. The van der Waals surface area contributed by atoms with Gasteiger partial charge in [0, 0.05) is 0 Å². The molecular weight excluding hydrogens is 288 g/mol. The fourth-order valence-electron chi connectivity index (χ4n) is 3.32. The Morgan fingerprint density at radius 2 is 1.62 bits per heavy atom. The molecule has 1 N–H and O–H groups in total. The summed E-state index contributed by atoms with van der Waals surface area (Å²) in [4.78, 5) is 12.1. The maximum Gasteiger partial charge on any atom is 0.314 e. The summed E-state index contributed by atoms with van der Waals surface area (Å²) in [5, 5.41) is 9.42. The van der Waals surface area contributed by atoms with Gasteiger partial charge in [-0.05, 0) is 43.4 Å². The van der Waals surface area contributed by atoms with E-state index in [-0.39, 0.29) is 5.25 Å². The molecule has 0 spiro atoms. The number of rotatable bonds is 4. The molecule has 0 amide bonds. The summed E-state index contributed by atoms with van der Waals surface area (Å²) in [5.41, 5.74) is -0.0930. The highest BCUT2D eigenvalue weighted by molar-refractivity contribution is 7.92. The molecule has 0 saturated heterocycles. The van der Waals surface area contributed by atoms with Crippen molar-refractivity contribution in [3.63, 3.8) is 0 Å². The topological polar surface area (TPSA) is 71.4 Å². The highest BCUT2D eigenvalue weighted by atomic mass is 32.2. The third kappa shape index (κ3) is 2.48. The van der Waals surface area contributed by atoms with E-state index in [2.05, 4.69) is 0 Å². The van der Waals surface area contributed by atoms with Crippen LogP contribution in [0.15, 0.2) is 29.2 Å². The molecule has 1 aromatic carbocycles. The van der Waals surface area contributed by atoms with Crippen LogP contribution in [0.4, 0.5) is 0 Å². The minimum absolute atomic E-state index is 0.230. The maximum atomic E-state index is 12.2. The van der Waals surface area contributed by atoms with E-state index in [0.717, 1.165) is 37.7 Å². The van der Waals surface area contributed by atoms with Crippen LogP contribution in [0.3, 0.4) is 0 Å². The van der Waals surface area contributed by atoms with Crippen molar-refractivity contribution in [3.05, 3.63) is 29.8 Å². The first-order valence-corrected chi connectivity index (χ1v) is 9.09. The van der Waals surface area contributed by atoms with Crippen LogP contribution in [0.1, 0.15) is 50.5 Å². The molecule has 2 aliphatic rings. The summed E-state index contributed by atoms with van der Waals surface area (Å²) < 4.78 is 24.4. The van der Waals surface area contributed by atoms with Crippen LogP contribution < -0.4 is 0 Å². The summed E-state index contributed by atoms with van der Waals surface area (Å²) in [7, 11) is -3.20. The van der Waals surface area contributed by atoms with E-state index in [1.54, 1.807) is 24.3 Å². The van der Waals surface area contributed by atoms with Crippen LogP contribution in [0.2, 0.25) is 0 Å². The molecule has 0 unspecified atom stereocenters. The molecule has 5 heteroatoms. The van der Waals surface area contributed by atoms with E-state index in [1.807, 2.05) is 0 Å². The van der Waals surface area contributed by atoms with Crippen molar-refractivity contribution in [2.75, 3.05) is 0 Å². The standard InChI is InChI=1S/C16H20O4S/c17-15(18)16(10-2-1-3-11-16)12-4-6-13(7-5-12)21(19,20)14-8-9-14/h4-7,14H,1-3,8-11H2,(H,17,18). The van der Waals surface area contributed by atoms with Gasteiger partial charge in [-0.2, -0.15) is 0 Å². The van der Waals surface area contributed by atoms with Gasteiger partial charge >= 0.3 is 5.97 Å². The summed E-state index contributed by atoms with van der Waals surface area (Å²) in [6, 6.07) is 6.58. The molecule has 4 nitrogen and oxygen atoms in total. The first-order chi connectivity index (χ1) is 9.97. The van der Waals surface area contributed by atoms with Crippen LogP contribution in [0, 0.1) is 0 Å². The Labute approximate surface area is 125 Å². The number of carbonyl (C=O) groups is 1. The van der Waals surface area contributed by atoms with Gasteiger partial charge in [0.15, 0.2) is 9.84 Å². The van der Waals surface area contributed by atoms with E-state index in [1.165, 1.54) is 0 Å². The minimum Gasteiger partial charge on any atom is -0.481 e. The van der Waals surface area contributed by atoms with Crippen LogP contribution in [-0.4, -0.2) is 24.7 Å². The summed E-state index contributed by atoms with van der Waals surface area (Å²) in [6.07, 6.45) is 5.65. The van der Waals surface area contributed by atoms with Crippen molar-refractivity contribution < 1.29 is 18.3 Å². The Kier molecular flexibility index (Phi) is 3.56. The molecule has 0 heterocycles. The Morgan fingerprint density at radius 1 is 1.05 bits per heavy atom. The molecule has 0 aliphatic heterocycles. The van der Waals surface area contributed by atoms with Crippen molar-refractivity contribution in [3.8, 4) is 0 Å². The van der Waals surface area contributed by atoms with Gasteiger partial charge in [0.25, 0.3) is 0 Å². The molecule has 3 rings (SSSR count). The normalized spacial score (nSPS) is 21.9. The molecule has 2 saturated carbocycles. The van der Waals surface area contributed by atoms with Crippen LogP contribution in [-0.2, 0) is 20.0 Å². The van der Waals surface area contributed by atoms with E-state index in [9.17, 15) is 18.3 Å². The van der Waals surface area contributed by atoms with E-state index in [0.29, 0.717) is 17.7 Å². The minimum atomic E-state index is -3.20. The Balaban J connectivity index is 1.94. The Morgan fingerprint density at radius 3 is 2.10 bits per heavy atom. The smallest absolute Gasteiger partial charge is 0.314 e. The first-order valence-electron chi connectivity index (χ1n) is 7.55. The Hall–Kier alpha value is -1.36. The molecule has 2 aliphatic carbocycles. The van der Waals surface area contributed by atoms with Gasteiger partial charge in [-0.25, -0.2) is 8.42 Å². The van der Waals surface area contributed by atoms with Gasteiger partial charge in [0.1, 0.15) is 0 Å². The second-order valence-corrected chi connectivity index (χ2v) is 8.44. The average Bonchev–Trinajstić information content (AvgIpc) is 3.33. The number of hydrogen-bond donors (Lipinski definition) is 1. The number of aliphatic carboxylic acids is 1. The van der Waals surface area contributed by atoms with Crippen molar-refractivity contribution in [1.82, 2.24) is 0 Å². The second kappa shape index (κ2) is 5.13. The van der Waals surface area contributed by atoms with Gasteiger partial charge in [0.05, 0.1) is 15.6 Å². The van der Waals surface area contributed by atoms with Crippen molar-refractivity contribution in [1.29, 1.82) is 0 Å². The zero-order valence-electron chi connectivity index (χ0n) is 11.9. The van der Waals surface area contributed by atoms with Crippen molar-refractivity contribution in [2.45, 2.75) is 60.5 Å². The molecule has 2 fully saturated rings. The van der Waals surface area contributed by atoms with E-state index in [4.69, 9.17) is 0 Å². The lowest BCUT2D eigenvalue weighted by Crippen LogP contribution is -2.37. The monoisotopic (exact) mass is 308 g/mol. The molecular formula is C16H20O4S. The van der Waals surface area contributed by atoms with Crippen molar-refractivity contribution in [2.24, 2.45) is 0 Å². The molecule has 114 valence electrons. The van der Waals surface area contributed by atoms with Gasteiger partial charge < -0.3 is 5.11 Å². The van der Waals surface area contributed by atoms with E-state index >= 15 is 0 Å². The Bertz CT molecular complexity index is 635. The lowest BCUT2D eigenvalue weighted by molar-refractivity contribution is -0.145. The number of hydrogen-bond acceptors (Lipinski definition) is 3. The maximum absolute atomic E-state index is 12.2. The van der Waals surface area contributed by atoms with Gasteiger partial charge in [-0.1, -0.05) is 31.4 Å². The zero-order valence-corrected chi connectivity index (χ0v) is 12.7. The predicted octanol–water partition coefficient (Wildman–Crippen LogP) is 2.91. The van der Waals surface area contributed by atoms with Crippen molar-refractivity contribution >= 4 is 15.8 Å². The van der Waals surface area contributed by atoms with E-state index < -0.39 is 21.2 Å². The largest absolute Gasteiger partial charge is 0.481 e. The highest BCUT2D eigenvalue weighted by Gasteiger charge is 2.42.